The molecule has 2 heteroatoms. The molecule has 0 aliphatic heterocycles. The third-order valence-corrected chi connectivity index (χ3v) is 3.24. The molecule has 0 aliphatic rings. The minimum absolute atomic E-state index is 0.299. The molecule has 0 saturated carbocycles. The van der Waals surface area contributed by atoms with Crippen molar-refractivity contribution in [3.63, 3.8) is 0 Å². The Labute approximate surface area is 78.6 Å². The standard InChI is InChI=1S/C10H17NS/c1-7(9(3)11)6-10-5-4-8(2)12-10/h4-5,7,9H,6,11H2,1-3H3. The van der Waals surface area contributed by atoms with Crippen molar-refractivity contribution >= 4 is 11.3 Å². The fourth-order valence-corrected chi connectivity index (χ4v) is 2.13. The van der Waals surface area contributed by atoms with Gasteiger partial charge >= 0.3 is 0 Å². The molecule has 2 atom stereocenters. The van der Waals surface area contributed by atoms with Crippen LogP contribution in [0.2, 0.25) is 0 Å². The Balaban J connectivity index is 2.52. The highest BCUT2D eigenvalue weighted by Crippen LogP contribution is 2.19. The number of hydrogen-bond donors (Lipinski definition) is 1. The molecule has 0 aromatic carbocycles. The molecule has 2 unspecified atom stereocenters. The van der Waals surface area contributed by atoms with Crippen molar-refractivity contribution in [1.82, 2.24) is 0 Å². The van der Waals surface area contributed by atoms with Crippen LogP contribution in [-0.2, 0) is 6.42 Å². The molecule has 0 spiro atoms. The van der Waals surface area contributed by atoms with Gasteiger partial charge in [-0.15, -0.1) is 11.3 Å². The van der Waals surface area contributed by atoms with E-state index >= 15 is 0 Å². The second-order valence-electron chi connectivity index (χ2n) is 3.55. The quantitative estimate of drug-likeness (QED) is 0.766. The molecule has 1 aromatic rings. The van der Waals surface area contributed by atoms with Gasteiger partial charge in [0.05, 0.1) is 0 Å². The minimum Gasteiger partial charge on any atom is -0.328 e. The fourth-order valence-electron chi connectivity index (χ4n) is 1.10. The number of aryl methyl sites for hydroxylation is 1. The second kappa shape index (κ2) is 4.06. The van der Waals surface area contributed by atoms with E-state index in [-0.39, 0.29) is 0 Å². The first-order valence-electron chi connectivity index (χ1n) is 4.40. The zero-order valence-electron chi connectivity index (χ0n) is 8.00. The predicted octanol–water partition coefficient (Wildman–Crippen LogP) is 2.58. The van der Waals surface area contributed by atoms with Gasteiger partial charge in [-0.3, -0.25) is 0 Å². The summed E-state index contributed by atoms with van der Waals surface area (Å²) < 4.78 is 0. The van der Waals surface area contributed by atoms with Crippen molar-refractivity contribution in [3.05, 3.63) is 21.9 Å². The minimum atomic E-state index is 0.299. The Morgan fingerprint density at radius 3 is 2.50 bits per heavy atom. The maximum absolute atomic E-state index is 5.80. The Kier molecular flexibility index (Phi) is 3.29. The molecule has 12 heavy (non-hydrogen) atoms. The number of rotatable bonds is 3. The molecule has 1 rings (SSSR count). The zero-order chi connectivity index (χ0) is 9.14. The first kappa shape index (κ1) is 9.75. The maximum Gasteiger partial charge on any atom is 0.00513 e. The van der Waals surface area contributed by atoms with E-state index in [0.717, 1.165) is 6.42 Å². The van der Waals surface area contributed by atoms with Crippen LogP contribution in [0.5, 0.6) is 0 Å². The number of thiophene rings is 1. The summed E-state index contributed by atoms with van der Waals surface area (Å²) in [6.07, 6.45) is 1.12. The van der Waals surface area contributed by atoms with E-state index in [2.05, 4.69) is 32.9 Å². The van der Waals surface area contributed by atoms with Crippen LogP contribution < -0.4 is 5.73 Å². The second-order valence-corrected chi connectivity index (χ2v) is 4.93. The lowest BCUT2D eigenvalue weighted by molar-refractivity contribution is 0.485. The van der Waals surface area contributed by atoms with E-state index in [1.165, 1.54) is 9.75 Å². The lowest BCUT2D eigenvalue weighted by Gasteiger charge is -2.13. The predicted molar refractivity (Wildman–Crippen MR) is 55.6 cm³/mol. The molecule has 0 amide bonds. The van der Waals surface area contributed by atoms with Gasteiger partial charge in [0.15, 0.2) is 0 Å². The van der Waals surface area contributed by atoms with Crippen molar-refractivity contribution in [2.24, 2.45) is 11.7 Å². The summed E-state index contributed by atoms with van der Waals surface area (Å²) in [5.41, 5.74) is 5.80. The molecule has 0 saturated heterocycles. The SMILES string of the molecule is Cc1ccc(CC(C)C(C)N)s1. The monoisotopic (exact) mass is 183 g/mol. The highest BCUT2D eigenvalue weighted by molar-refractivity contribution is 7.11. The van der Waals surface area contributed by atoms with Crippen molar-refractivity contribution in [2.45, 2.75) is 33.2 Å². The smallest absolute Gasteiger partial charge is 0.00513 e. The molecular formula is C10H17NS. The van der Waals surface area contributed by atoms with Gasteiger partial charge in [0.1, 0.15) is 0 Å². The Hall–Kier alpha value is -0.340. The van der Waals surface area contributed by atoms with Crippen molar-refractivity contribution in [1.29, 1.82) is 0 Å². The van der Waals surface area contributed by atoms with E-state index in [4.69, 9.17) is 5.73 Å². The molecule has 0 aliphatic carbocycles. The van der Waals surface area contributed by atoms with Gasteiger partial charge in [0.2, 0.25) is 0 Å². The van der Waals surface area contributed by atoms with Crippen molar-refractivity contribution < 1.29 is 0 Å². The average molecular weight is 183 g/mol. The Bertz CT molecular complexity index is 240. The lowest BCUT2D eigenvalue weighted by Crippen LogP contribution is -2.25. The largest absolute Gasteiger partial charge is 0.328 e. The summed E-state index contributed by atoms with van der Waals surface area (Å²) in [4.78, 5) is 2.85. The van der Waals surface area contributed by atoms with Crippen LogP contribution in [0, 0.1) is 12.8 Å². The average Bonchev–Trinajstić information content (AvgIpc) is 2.35. The van der Waals surface area contributed by atoms with E-state index in [1.807, 2.05) is 11.3 Å². The summed E-state index contributed by atoms with van der Waals surface area (Å²) in [6, 6.07) is 4.68. The lowest BCUT2D eigenvalue weighted by atomic mass is 10.00. The van der Waals surface area contributed by atoms with Crippen LogP contribution in [-0.4, -0.2) is 6.04 Å². The highest BCUT2D eigenvalue weighted by atomic mass is 32.1. The molecule has 1 aromatic heterocycles. The summed E-state index contributed by atoms with van der Waals surface area (Å²) >= 11 is 1.88. The van der Waals surface area contributed by atoms with Crippen molar-refractivity contribution in [2.75, 3.05) is 0 Å². The highest BCUT2D eigenvalue weighted by Gasteiger charge is 2.08. The summed E-state index contributed by atoms with van der Waals surface area (Å²) in [6.45, 7) is 6.43. The normalized spacial score (nSPS) is 16.0. The zero-order valence-corrected chi connectivity index (χ0v) is 8.82. The van der Waals surface area contributed by atoms with Crippen LogP contribution in [0.25, 0.3) is 0 Å². The molecule has 1 heterocycles. The van der Waals surface area contributed by atoms with Gasteiger partial charge < -0.3 is 5.73 Å². The third kappa shape index (κ3) is 2.61. The van der Waals surface area contributed by atoms with Gasteiger partial charge in [-0.25, -0.2) is 0 Å². The summed E-state index contributed by atoms with van der Waals surface area (Å²) in [5, 5.41) is 0. The van der Waals surface area contributed by atoms with Gasteiger partial charge in [-0.05, 0) is 38.3 Å². The van der Waals surface area contributed by atoms with E-state index in [9.17, 15) is 0 Å². The first-order chi connectivity index (χ1) is 5.59. The van der Waals surface area contributed by atoms with Crippen molar-refractivity contribution in [3.8, 4) is 0 Å². The summed E-state index contributed by atoms with van der Waals surface area (Å²) in [5.74, 6) is 0.586. The molecule has 68 valence electrons. The summed E-state index contributed by atoms with van der Waals surface area (Å²) in [7, 11) is 0. The van der Waals surface area contributed by atoms with Gasteiger partial charge in [0.25, 0.3) is 0 Å². The van der Waals surface area contributed by atoms with Crippen LogP contribution in [0.3, 0.4) is 0 Å². The Morgan fingerprint density at radius 2 is 2.08 bits per heavy atom. The van der Waals surface area contributed by atoms with E-state index < -0.39 is 0 Å². The van der Waals surface area contributed by atoms with E-state index in [0.29, 0.717) is 12.0 Å². The molecule has 0 fully saturated rings. The topological polar surface area (TPSA) is 26.0 Å². The van der Waals surface area contributed by atoms with Gasteiger partial charge in [0, 0.05) is 15.8 Å². The Morgan fingerprint density at radius 1 is 1.42 bits per heavy atom. The molecule has 1 nitrogen and oxygen atoms in total. The molecule has 0 bridgehead atoms. The molecule has 0 radical (unpaired) electrons. The maximum atomic E-state index is 5.80. The van der Waals surface area contributed by atoms with Crippen LogP contribution in [0.4, 0.5) is 0 Å². The van der Waals surface area contributed by atoms with Gasteiger partial charge in [-0.2, -0.15) is 0 Å². The fraction of sp³-hybridized carbons (Fsp3) is 0.600. The number of nitrogens with two attached hydrogens (primary N) is 1. The van der Waals surface area contributed by atoms with E-state index in [1.54, 1.807) is 0 Å². The molecule has 2 N–H and O–H groups in total. The third-order valence-electron chi connectivity index (χ3n) is 2.22. The van der Waals surface area contributed by atoms with Crippen LogP contribution >= 0.6 is 11.3 Å². The number of hydrogen-bond acceptors (Lipinski definition) is 2. The molecular weight excluding hydrogens is 166 g/mol. The van der Waals surface area contributed by atoms with Crippen LogP contribution in [0.1, 0.15) is 23.6 Å². The van der Waals surface area contributed by atoms with Crippen LogP contribution in [0.15, 0.2) is 12.1 Å². The first-order valence-corrected chi connectivity index (χ1v) is 5.22. The van der Waals surface area contributed by atoms with Gasteiger partial charge in [-0.1, -0.05) is 6.92 Å².